The summed E-state index contributed by atoms with van der Waals surface area (Å²) in [6.45, 7) is 3.98. The Labute approximate surface area is 182 Å². The van der Waals surface area contributed by atoms with E-state index < -0.39 is 10.3 Å². The van der Waals surface area contributed by atoms with Gasteiger partial charge in [0, 0.05) is 18.2 Å². The van der Waals surface area contributed by atoms with E-state index in [-0.39, 0.29) is 17.7 Å². The van der Waals surface area contributed by atoms with Gasteiger partial charge in [-0.15, -0.1) is 0 Å². The Bertz CT molecular complexity index is 989. The van der Waals surface area contributed by atoms with Gasteiger partial charge in [0.1, 0.15) is 11.8 Å². The molecule has 0 unspecified atom stereocenters. The highest BCUT2D eigenvalue weighted by atomic mass is 16.6. The molecule has 1 N–H and O–H groups in total. The minimum atomic E-state index is -0.772. The number of amides is 1. The highest BCUT2D eigenvalue weighted by molar-refractivity contribution is 6.00. The summed E-state index contributed by atoms with van der Waals surface area (Å²) in [5.41, 5.74) is 0.774. The molecule has 162 valence electrons. The van der Waals surface area contributed by atoms with Gasteiger partial charge in [-0.3, -0.25) is 14.9 Å². The molecule has 0 radical (unpaired) electrons. The van der Waals surface area contributed by atoms with Crippen molar-refractivity contribution in [3.05, 3.63) is 63.7 Å². The maximum atomic E-state index is 13.5. The molecule has 31 heavy (non-hydrogen) atoms. The molecule has 0 aliphatic heterocycles. The Morgan fingerprint density at radius 2 is 1.90 bits per heavy atom. The molecule has 1 aliphatic rings. The van der Waals surface area contributed by atoms with E-state index >= 15 is 0 Å². The number of nitrogens with one attached hydrogen (secondary N) is 1. The quantitative estimate of drug-likeness (QED) is 0.470. The molecule has 0 spiro atoms. The highest BCUT2D eigenvalue weighted by Gasteiger charge is 2.41. The van der Waals surface area contributed by atoms with Crippen LogP contribution in [-0.2, 0) is 10.2 Å². The molecular weight excluding hydrogens is 394 g/mol. The summed E-state index contributed by atoms with van der Waals surface area (Å²) in [4.78, 5) is 24.1. The highest BCUT2D eigenvalue weighted by Crippen LogP contribution is 2.41. The van der Waals surface area contributed by atoms with Gasteiger partial charge in [-0.1, -0.05) is 38.3 Å². The van der Waals surface area contributed by atoms with Crippen molar-refractivity contribution in [3.8, 4) is 11.8 Å². The van der Waals surface area contributed by atoms with Crippen LogP contribution in [0.5, 0.6) is 5.75 Å². The zero-order valence-electron chi connectivity index (χ0n) is 17.9. The Balaban J connectivity index is 1.89. The summed E-state index contributed by atoms with van der Waals surface area (Å²) < 4.78 is 5.78. The van der Waals surface area contributed by atoms with E-state index in [4.69, 9.17) is 4.74 Å². The second-order valence-electron chi connectivity index (χ2n) is 8.06. The number of non-ortho nitro benzene ring substituents is 1. The number of hydrogen-bond acceptors (Lipinski definition) is 5. The summed E-state index contributed by atoms with van der Waals surface area (Å²) in [6.07, 6.45) is 5.04. The van der Waals surface area contributed by atoms with E-state index in [0.717, 1.165) is 31.2 Å². The molecule has 1 saturated carbocycles. The van der Waals surface area contributed by atoms with Crippen LogP contribution in [0.25, 0.3) is 0 Å². The molecule has 2 aromatic carbocycles. The Morgan fingerprint density at radius 1 is 1.23 bits per heavy atom. The number of hydrogen-bond donors (Lipinski definition) is 1. The third-order valence-electron chi connectivity index (χ3n) is 6.04. The fraction of sp³-hybridized carbons (Fsp3) is 0.417. The molecule has 1 amide bonds. The van der Waals surface area contributed by atoms with Gasteiger partial charge in [0.05, 0.1) is 27.7 Å². The fourth-order valence-corrected chi connectivity index (χ4v) is 4.06. The van der Waals surface area contributed by atoms with Gasteiger partial charge in [0.2, 0.25) is 5.91 Å². The normalized spacial score (nSPS) is 16.0. The molecule has 0 bridgehead atoms. The molecule has 3 rings (SSSR count). The smallest absolute Gasteiger partial charge is 0.269 e. The van der Waals surface area contributed by atoms with Crippen LogP contribution in [0.1, 0.15) is 63.5 Å². The number of nitriles is 1. The third-order valence-corrected chi connectivity index (χ3v) is 6.04. The number of carbonyl (C=O) groups is 1. The first-order valence-electron chi connectivity index (χ1n) is 10.7. The number of rotatable bonds is 7. The maximum absolute atomic E-state index is 13.5. The maximum Gasteiger partial charge on any atom is 0.269 e. The lowest BCUT2D eigenvalue weighted by Crippen LogP contribution is -2.42. The molecular formula is C24H27N3O4. The predicted octanol–water partition coefficient (Wildman–Crippen LogP) is 5.48. The fourth-order valence-electron chi connectivity index (χ4n) is 4.06. The molecule has 2 aromatic rings. The van der Waals surface area contributed by atoms with Gasteiger partial charge in [0.15, 0.2) is 0 Å². The molecule has 7 heteroatoms. The third kappa shape index (κ3) is 4.85. The molecule has 0 heterocycles. The summed E-state index contributed by atoms with van der Waals surface area (Å²) in [6, 6.07) is 13.5. The Hall–Kier alpha value is -3.40. The first kappa shape index (κ1) is 22.3. The van der Waals surface area contributed by atoms with Crippen molar-refractivity contribution in [2.24, 2.45) is 0 Å². The van der Waals surface area contributed by atoms with Crippen LogP contribution < -0.4 is 10.1 Å². The minimum absolute atomic E-state index is 0.00113. The number of nitrogens with zero attached hydrogens (tertiary/aromatic N) is 2. The average Bonchev–Trinajstić information content (AvgIpc) is 2.80. The van der Waals surface area contributed by atoms with E-state index in [1.165, 1.54) is 12.1 Å². The summed E-state index contributed by atoms with van der Waals surface area (Å²) in [5, 5.41) is 23.6. The Morgan fingerprint density at radius 3 is 2.48 bits per heavy atom. The van der Waals surface area contributed by atoms with Crippen LogP contribution in [0.15, 0.2) is 42.5 Å². The van der Waals surface area contributed by atoms with Gasteiger partial charge in [-0.25, -0.2) is 0 Å². The van der Waals surface area contributed by atoms with Crippen LogP contribution in [0.2, 0.25) is 0 Å². The minimum Gasteiger partial charge on any atom is -0.491 e. The van der Waals surface area contributed by atoms with Gasteiger partial charge in [0.25, 0.3) is 5.69 Å². The van der Waals surface area contributed by atoms with Crippen molar-refractivity contribution in [2.45, 2.75) is 63.9 Å². The number of anilines is 1. The second kappa shape index (κ2) is 9.61. The number of benzene rings is 2. The number of nitro benzene ring substituents is 1. The van der Waals surface area contributed by atoms with Crippen molar-refractivity contribution in [1.29, 1.82) is 5.26 Å². The largest absolute Gasteiger partial charge is 0.491 e. The van der Waals surface area contributed by atoms with Crippen molar-refractivity contribution in [1.82, 2.24) is 0 Å². The van der Waals surface area contributed by atoms with E-state index in [0.29, 0.717) is 29.8 Å². The van der Waals surface area contributed by atoms with Gasteiger partial charge in [-0.2, -0.15) is 5.26 Å². The molecule has 1 atom stereocenters. The molecule has 0 aromatic heterocycles. The van der Waals surface area contributed by atoms with Crippen molar-refractivity contribution >= 4 is 17.3 Å². The predicted molar refractivity (Wildman–Crippen MR) is 118 cm³/mol. The lowest BCUT2D eigenvalue weighted by atomic mass is 9.68. The van der Waals surface area contributed by atoms with Crippen LogP contribution >= 0.6 is 0 Å². The lowest BCUT2D eigenvalue weighted by Gasteiger charge is -2.36. The molecule has 0 saturated heterocycles. The standard InChI is InChI=1S/C24H27N3O4/c1-3-17(2)31-21-11-12-22(18(15-21)16-25)26-23(28)24(13-5-4-6-14-24)19-7-9-20(10-8-19)27(29)30/h7-12,15,17H,3-6,13-14H2,1-2H3,(H,26,28)/t17-/m1/s1. The zero-order valence-corrected chi connectivity index (χ0v) is 17.9. The zero-order chi connectivity index (χ0) is 22.4. The van der Waals surface area contributed by atoms with Gasteiger partial charge in [-0.05, 0) is 43.9 Å². The van der Waals surface area contributed by atoms with Crippen molar-refractivity contribution in [2.75, 3.05) is 5.32 Å². The van der Waals surface area contributed by atoms with E-state index in [2.05, 4.69) is 11.4 Å². The number of nitro groups is 1. The van der Waals surface area contributed by atoms with E-state index in [1.807, 2.05) is 13.8 Å². The molecule has 1 fully saturated rings. The van der Waals surface area contributed by atoms with Crippen molar-refractivity contribution in [3.63, 3.8) is 0 Å². The lowest BCUT2D eigenvalue weighted by molar-refractivity contribution is -0.384. The van der Waals surface area contributed by atoms with Crippen LogP contribution in [0.4, 0.5) is 11.4 Å². The molecule has 1 aliphatic carbocycles. The van der Waals surface area contributed by atoms with Gasteiger partial charge < -0.3 is 10.1 Å². The van der Waals surface area contributed by atoms with Crippen molar-refractivity contribution < 1.29 is 14.5 Å². The second-order valence-corrected chi connectivity index (χ2v) is 8.06. The number of carbonyl (C=O) groups excluding carboxylic acids is 1. The van der Waals surface area contributed by atoms with E-state index in [1.54, 1.807) is 30.3 Å². The molecule has 7 nitrogen and oxygen atoms in total. The summed E-state index contributed by atoms with van der Waals surface area (Å²) in [5.74, 6) is 0.403. The number of ether oxygens (including phenoxy) is 1. The van der Waals surface area contributed by atoms with E-state index in [9.17, 15) is 20.2 Å². The first-order chi connectivity index (χ1) is 14.9. The summed E-state index contributed by atoms with van der Waals surface area (Å²) >= 11 is 0. The average molecular weight is 421 g/mol. The Kier molecular flexibility index (Phi) is 6.91. The first-order valence-corrected chi connectivity index (χ1v) is 10.7. The van der Waals surface area contributed by atoms with Gasteiger partial charge >= 0.3 is 0 Å². The van der Waals surface area contributed by atoms with Crippen LogP contribution in [-0.4, -0.2) is 16.9 Å². The van der Waals surface area contributed by atoms with Crippen LogP contribution in [0.3, 0.4) is 0 Å². The monoisotopic (exact) mass is 421 g/mol. The topological polar surface area (TPSA) is 105 Å². The SMILES string of the molecule is CC[C@@H](C)Oc1ccc(NC(=O)C2(c3ccc([N+](=O)[O-])cc3)CCCCC2)c(C#N)c1. The summed E-state index contributed by atoms with van der Waals surface area (Å²) in [7, 11) is 0. The van der Waals surface area contributed by atoms with Crippen LogP contribution in [0, 0.1) is 21.4 Å².